The van der Waals surface area contributed by atoms with E-state index in [2.05, 4.69) is 5.16 Å². The molecule has 0 radical (unpaired) electrons. The number of carbonyl (C=O) groups excluding carboxylic acids is 1. The Morgan fingerprint density at radius 2 is 1.96 bits per heavy atom. The van der Waals surface area contributed by atoms with Gasteiger partial charge in [-0.25, -0.2) is 8.42 Å². The molecule has 0 spiro atoms. The molecule has 0 saturated carbocycles. The molecule has 2 heterocycles. The van der Waals surface area contributed by atoms with Crippen LogP contribution in [0.25, 0.3) is 0 Å². The second-order valence-electron chi connectivity index (χ2n) is 7.74. The lowest BCUT2D eigenvalue weighted by Crippen LogP contribution is -2.52. The number of rotatable bonds is 5. The number of Topliss-reactive ketones (excluding diaryl/α,β-unsaturated/α-hetero) is 1. The Morgan fingerprint density at radius 3 is 2.57 bits per heavy atom. The maximum absolute atomic E-state index is 13.0. The molecular weight excluding hydrogens is 404 g/mol. The van der Waals surface area contributed by atoms with Crippen LogP contribution >= 0.6 is 11.6 Å². The van der Waals surface area contributed by atoms with Gasteiger partial charge in [-0.05, 0) is 24.3 Å². The Bertz CT molecular complexity index is 947. The van der Waals surface area contributed by atoms with Gasteiger partial charge in [-0.3, -0.25) is 4.79 Å². The summed E-state index contributed by atoms with van der Waals surface area (Å²) in [5.41, 5.74) is 0.246. The Morgan fingerprint density at radius 1 is 1.29 bits per heavy atom. The number of ketones is 1. The molecule has 1 aliphatic rings. The van der Waals surface area contributed by atoms with Crippen molar-refractivity contribution in [1.29, 1.82) is 0 Å². The Kier molecular flexibility index (Phi) is 5.95. The monoisotopic (exact) mass is 426 g/mol. The fourth-order valence-corrected chi connectivity index (χ4v) is 4.62. The van der Waals surface area contributed by atoms with Gasteiger partial charge in [0.05, 0.1) is 30.2 Å². The number of ether oxygens (including phenoxy) is 1. The standard InChI is InChI=1S/C19H23ClN2O5S/c1-19(2,3)18-11-14(21-27-18)10-17(23)16-12-26-9-8-22(16)28(24,25)15-6-4-13(20)5-7-15/h4-7,11,16H,8-10,12H2,1-3H3. The zero-order chi connectivity index (χ0) is 20.5. The van der Waals surface area contributed by atoms with Crippen molar-refractivity contribution in [3.05, 3.63) is 46.8 Å². The average molecular weight is 427 g/mol. The van der Waals surface area contributed by atoms with Crippen LogP contribution in [0.3, 0.4) is 0 Å². The number of sulfonamides is 1. The summed E-state index contributed by atoms with van der Waals surface area (Å²) in [6.45, 7) is 6.29. The molecule has 1 fully saturated rings. The van der Waals surface area contributed by atoms with Gasteiger partial charge in [0.1, 0.15) is 11.8 Å². The second kappa shape index (κ2) is 7.94. The largest absolute Gasteiger partial charge is 0.378 e. The second-order valence-corrected chi connectivity index (χ2v) is 10.1. The summed E-state index contributed by atoms with van der Waals surface area (Å²) < 4.78 is 38.0. The van der Waals surface area contributed by atoms with Crippen LogP contribution in [0, 0.1) is 0 Å². The lowest BCUT2D eigenvalue weighted by molar-refractivity contribution is -0.126. The van der Waals surface area contributed by atoms with Gasteiger partial charge in [0, 0.05) is 23.0 Å². The van der Waals surface area contributed by atoms with Crippen LogP contribution in [-0.2, 0) is 31.4 Å². The van der Waals surface area contributed by atoms with Crippen molar-refractivity contribution in [2.24, 2.45) is 0 Å². The van der Waals surface area contributed by atoms with Gasteiger partial charge < -0.3 is 9.26 Å². The molecule has 152 valence electrons. The van der Waals surface area contributed by atoms with E-state index in [1.807, 2.05) is 20.8 Å². The molecule has 9 heteroatoms. The van der Waals surface area contributed by atoms with Crippen molar-refractivity contribution < 1.29 is 22.5 Å². The minimum absolute atomic E-state index is 0.00956. The van der Waals surface area contributed by atoms with Crippen molar-refractivity contribution in [3.8, 4) is 0 Å². The number of carbonyl (C=O) groups is 1. The highest BCUT2D eigenvalue weighted by Gasteiger charge is 2.38. The first-order chi connectivity index (χ1) is 13.1. The molecule has 0 aliphatic carbocycles. The first-order valence-corrected chi connectivity index (χ1v) is 10.7. The van der Waals surface area contributed by atoms with E-state index in [-0.39, 0.29) is 42.3 Å². The zero-order valence-electron chi connectivity index (χ0n) is 16.0. The predicted molar refractivity (Wildman–Crippen MR) is 104 cm³/mol. The number of halogens is 1. The van der Waals surface area contributed by atoms with Gasteiger partial charge in [0.2, 0.25) is 10.0 Å². The number of nitrogens with zero attached hydrogens (tertiary/aromatic N) is 2. The summed E-state index contributed by atoms with van der Waals surface area (Å²) in [5.74, 6) is 0.381. The minimum atomic E-state index is -3.85. The first kappa shape index (κ1) is 21.0. The topological polar surface area (TPSA) is 89.7 Å². The van der Waals surface area contributed by atoms with Crippen molar-refractivity contribution in [2.75, 3.05) is 19.8 Å². The van der Waals surface area contributed by atoms with E-state index in [1.165, 1.54) is 28.6 Å². The third-order valence-electron chi connectivity index (χ3n) is 4.52. The number of benzene rings is 1. The summed E-state index contributed by atoms with van der Waals surface area (Å²) in [6, 6.07) is 6.71. The van der Waals surface area contributed by atoms with E-state index in [0.717, 1.165) is 0 Å². The van der Waals surface area contributed by atoms with Crippen LogP contribution in [0.15, 0.2) is 39.8 Å². The van der Waals surface area contributed by atoms with E-state index in [1.54, 1.807) is 6.07 Å². The van der Waals surface area contributed by atoms with Gasteiger partial charge in [0.25, 0.3) is 0 Å². The van der Waals surface area contributed by atoms with Gasteiger partial charge in [0.15, 0.2) is 5.78 Å². The van der Waals surface area contributed by atoms with E-state index in [0.29, 0.717) is 16.5 Å². The molecule has 0 amide bonds. The zero-order valence-corrected chi connectivity index (χ0v) is 17.6. The smallest absolute Gasteiger partial charge is 0.243 e. The van der Waals surface area contributed by atoms with Gasteiger partial charge >= 0.3 is 0 Å². The molecule has 1 aliphatic heterocycles. The highest BCUT2D eigenvalue weighted by atomic mass is 35.5. The third-order valence-corrected chi connectivity index (χ3v) is 6.70. The molecule has 28 heavy (non-hydrogen) atoms. The molecule has 1 aromatic heterocycles. The normalized spacial score (nSPS) is 18.9. The fourth-order valence-electron chi connectivity index (χ4n) is 2.92. The number of aromatic nitrogens is 1. The molecule has 2 aromatic rings. The maximum atomic E-state index is 13.0. The molecular formula is C19H23ClN2O5S. The fraction of sp³-hybridized carbons (Fsp3) is 0.474. The van der Waals surface area contributed by atoms with Crippen LogP contribution in [0.4, 0.5) is 0 Å². The Labute approximate surface area is 169 Å². The lowest BCUT2D eigenvalue weighted by atomic mass is 9.93. The van der Waals surface area contributed by atoms with Crippen molar-refractivity contribution in [1.82, 2.24) is 9.46 Å². The van der Waals surface area contributed by atoms with Crippen LogP contribution in [0.2, 0.25) is 5.02 Å². The maximum Gasteiger partial charge on any atom is 0.243 e. The van der Waals surface area contributed by atoms with Crippen LogP contribution < -0.4 is 0 Å². The summed E-state index contributed by atoms with van der Waals surface area (Å²) in [7, 11) is -3.85. The van der Waals surface area contributed by atoms with E-state index < -0.39 is 16.1 Å². The molecule has 1 atom stereocenters. The molecule has 0 N–H and O–H groups in total. The predicted octanol–water partition coefficient (Wildman–Crippen LogP) is 2.83. The van der Waals surface area contributed by atoms with E-state index >= 15 is 0 Å². The SMILES string of the molecule is CC(C)(C)c1cc(CC(=O)C2COCCN2S(=O)(=O)c2ccc(Cl)cc2)no1. The highest BCUT2D eigenvalue weighted by Crippen LogP contribution is 2.25. The van der Waals surface area contributed by atoms with Crippen LogP contribution in [0.1, 0.15) is 32.2 Å². The molecule has 0 bridgehead atoms. The minimum Gasteiger partial charge on any atom is -0.378 e. The van der Waals surface area contributed by atoms with Crippen LogP contribution in [-0.4, -0.2) is 49.5 Å². The van der Waals surface area contributed by atoms with Crippen LogP contribution in [0.5, 0.6) is 0 Å². The van der Waals surface area contributed by atoms with Crippen molar-refractivity contribution in [2.45, 2.75) is 43.5 Å². The van der Waals surface area contributed by atoms with E-state index in [4.69, 9.17) is 20.9 Å². The molecule has 3 rings (SSSR count). The van der Waals surface area contributed by atoms with Crippen molar-refractivity contribution in [3.63, 3.8) is 0 Å². The van der Waals surface area contributed by atoms with Gasteiger partial charge in [-0.2, -0.15) is 4.31 Å². The highest BCUT2D eigenvalue weighted by molar-refractivity contribution is 7.89. The molecule has 7 nitrogen and oxygen atoms in total. The number of hydrogen-bond acceptors (Lipinski definition) is 6. The summed E-state index contributed by atoms with van der Waals surface area (Å²) in [4.78, 5) is 13.0. The Hall–Kier alpha value is -1.74. The number of morpholine rings is 1. The van der Waals surface area contributed by atoms with E-state index in [9.17, 15) is 13.2 Å². The first-order valence-electron chi connectivity index (χ1n) is 8.93. The van der Waals surface area contributed by atoms with Crippen molar-refractivity contribution >= 4 is 27.4 Å². The lowest BCUT2D eigenvalue weighted by Gasteiger charge is -2.33. The Balaban J connectivity index is 1.81. The van der Waals surface area contributed by atoms with Gasteiger partial charge in [-0.1, -0.05) is 37.5 Å². The summed E-state index contributed by atoms with van der Waals surface area (Å²) >= 11 is 5.85. The summed E-state index contributed by atoms with van der Waals surface area (Å²) in [5, 5.41) is 4.39. The van der Waals surface area contributed by atoms with Gasteiger partial charge in [-0.15, -0.1) is 0 Å². The quantitative estimate of drug-likeness (QED) is 0.730. The molecule has 1 unspecified atom stereocenters. The number of hydrogen-bond donors (Lipinski definition) is 0. The third kappa shape index (κ3) is 4.46. The average Bonchev–Trinajstić information content (AvgIpc) is 3.11. The molecule has 1 aromatic carbocycles. The molecule has 1 saturated heterocycles. The summed E-state index contributed by atoms with van der Waals surface area (Å²) in [6.07, 6.45) is -0.0275.